The van der Waals surface area contributed by atoms with E-state index in [0.717, 1.165) is 43.1 Å². The number of amides is 2. The number of carbonyl (C=O) groups excluding carboxylic acids is 1. The van der Waals surface area contributed by atoms with Crippen LogP contribution in [0.3, 0.4) is 0 Å². The normalized spacial score (nSPS) is 19.0. The van der Waals surface area contributed by atoms with Crippen LogP contribution in [0.15, 0.2) is 24.3 Å². The first-order valence-corrected chi connectivity index (χ1v) is 9.31. The number of aromatic nitrogens is 3. The Kier molecular flexibility index (Phi) is 4.88. The zero-order valence-electron chi connectivity index (χ0n) is 15.1. The molecule has 4 rings (SSSR count). The molecule has 0 aliphatic carbocycles. The number of hydrogen-bond acceptors (Lipinski definition) is 4. The van der Waals surface area contributed by atoms with E-state index in [0.29, 0.717) is 32.2 Å². The molecule has 2 aliphatic heterocycles. The molecule has 0 bridgehead atoms. The van der Waals surface area contributed by atoms with Crippen LogP contribution in [-0.4, -0.2) is 70.4 Å². The third kappa shape index (κ3) is 3.58. The molecule has 2 aromatic rings. The van der Waals surface area contributed by atoms with Gasteiger partial charge in [0.25, 0.3) is 0 Å². The van der Waals surface area contributed by atoms with Gasteiger partial charge < -0.3 is 14.5 Å². The topological polar surface area (TPSA) is 74.4 Å². The van der Waals surface area contributed by atoms with Gasteiger partial charge in [-0.25, -0.2) is 9.78 Å². The summed E-state index contributed by atoms with van der Waals surface area (Å²) in [4.78, 5) is 21.1. The zero-order chi connectivity index (χ0) is 17.9. The predicted octanol–water partition coefficient (Wildman–Crippen LogP) is 2.41. The predicted molar refractivity (Wildman–Crippen MR) is 97.9 cm³/mol. The molecular weight excluding hydrogens is 330 g/mol. The Morgan fingerprint density at radius 2 is 1.73 bits per heavy atom. The van der Waals surface area contributed by atoms with Crippen molar-refractivity contribution in [3.63, 3.8) is 0 Å². The van der Waals surface area contributed by atoms with E-state index in [1.165, 1.54) is 5.56 Å². The van der Waals surface area contributed by atoms with Gasteiger partial charge in [0.2, 0.25) is 0 Å². The monoisotopic (exact) mass is 355 g/mol. The van der Waals surface area contributed by atoms with E-state index >= 15 is 0 Å². The van der Waals surface area contributed by atoms with Gasteiger partial charge in [0.15, 0.2) is 5.82 Å². The number of nitrogens with zero attached hydrogens (tertiary/aromatic N) is 4. The van der Waals surface area contributed by atoms with Crippen LogP contribution < -0.4 is 0 Å². The number of ether oxygens (including phenoxy) is 1. The molecule has 1 aromatic carbocycles. The maximum absolute atomic E-state index is 12.6. The molecule has 1 aromatic heterocycles. The van der Waals surface area contributed by atoms with Crippen LogP contribution in [0.1, 0.15) is 30.1 Å². The first kappa shape index (κ1) is 17.0. The van der Waals surface area contributed by atoms with E-state index in [4.69, 9.17) is 9.72 Å². The lowest BCUT2D eigenvalue weighted by Crippen LogP contribution is -2.50. The molecule has 1 N–H and O–H groups in total. The molecule has 0 atom stereocenters. The van der Waals surface area contributed by atoms with Crippen molar-refractivity contribution in [1.29, 1.82) is 0 Å². The largest absolute Gasteiger partial charge is 0.378 e. The molecule has 2 saturated heterocycles. The van der Waals surface area contributed by atoms with Gasteiger partial charge in [-0.1, -0.05) is 29.8 Å². The molecule has 138 valence electrons. The lowest BCUT2D eigenvalue weighted by Gasteiger charge is -2.36. The first-order valence-electron chi connectivity index (χ1n) is 9.31. The third-order valence-electron chi connectivity index (χ3n) is 5.25. The zero-order valence-corrected chi connectivity index (χ0v) is 15.1. The Labute approximate surface area is 153 Å². The van der Waals surface area contributed by atoms with Crippen molar-refractivity contribution >= 4 is 6.03 Å². The number of likely N-dealkylation sites (tertiary alicyclic amines) is 1. The highest BCUT2D eigenvalue weighted by atomic mass is 16.5. The van der Waals surface area contributed by atoms with E-state index in [2.05, 4.69) is 29.3 Å². The van der Waals surface area contributed by atoms with Crippen molar-refractivity contribution in [3.05, 3.63) is 35.7 Å². The number of carbonyl (C=O) groups is 1. The minimum atomic E-state index is 0.143. The SMILES string of the molecule is Cc1ccc(-c2n[nH]c(C3CCN(C(=O)N4CCOCC4)CC3)n2)cc1. The van der Waals surface area contributed by atoms with Gasteiger partial charge in [0.1, 0.15) is 5.82 Å². The summed E-state index contributed by atoms with van der Waals surface area (Å²) in [5.74, 6) is 2.00. The second-order valence-corrected chi connectivity index (χ2v) is 7.05. The van der Waals surface area contributed by atoms with Crippen molar-refractivity contribution in [2.24, 2.45) is 0 Å². The fourth-order valence-electron chi connectivity index (χ4n) is 3.59. The molecule has 0 unspecified atom stereocenters. The van der Waals surface area contributed by atoms with Crippen LogP contribution in [0.2, 0.25) is 0 Å². The number of hydrogen-bond donors (Lipinski definition) is 1. The van der Waals surface area contributed by atoms with Crippen LogP contribution in [0.25, 0.3) is 11.4 Å². The van der Waals surface area contributed by atoms with E-state index in [1.54, 1.807) is 0 Å². The van der Waals surface area contributed by atoms with Gasteiger partial charge in [0.05, 0.1) is 13.2 Å². The number of H-pyrrole nitrogens is 1. The number of morpholine rings is 1. The summed E-state index contributed by atoms with van der Waals surface area (Å²) in [5.41, 5.74) is 2.25. The van der Waals surface area contributed by atoms with E-state index in [1.807, 2.05) is 21.9 Å². The first-order chi connectivity index (χ1) is 12.7. The number of aromatic amines is 1. The highest BCUT2D eigenvalue weighted by Crippen LogP contribution is 2.27. The number of benzene rings is 1. The Balaban J connectivity index is 1.36. The average Bonchev–Trinajstić information content (AvgIpc) is 3.19. The summed E-state index contributed by atoms with van der Waals surface area (Å²) in [7, 11) is 0. The standard InChI is InChI=1S/C19H25N5O2/c1-14-2-4-15(5-3-14)17-20-18(22-21-17)16-6-8-23(9-7-16)19(25)24-10-12-26-13-11-24/h2-5,16H,6-13H2,1H3,(H,20,21,22). The van der Waals surface area contributed by atoms with Crippen molar-refractivity contribution in [2.75, 3.05) is 39.4 Å². The van der Waals surface area contributed by atoms with Crippen LogP contribution in [0, 0.1) is 6.92 Å². The van der Waals surface area contributed by atoms with Crippen molar-refractivity contribution < 1.29 is 9.53 Å². The highest BCUT2D eigenvalue weighted by Gasteiger charge is 2.29. The van der Waals surface area contributed by atoms with Gasteiger partial charge in [-0.15, -0.1) is 0 Å². The van der Waals surface area contributed by atoms with E-state index in [-0.39, 0.29) is 6.03 Å². The number of rotatable bonds is 2. The summed E-state index contributed by atoms with van der Waals surface area (Å²) < 4.78 is 5.33. The summed E-state index contributed by atoms with van der Waals surface area (Å²) in [6.45, 7) is 6.27. The summed E-state index contributed by atoms with van der Waals surface area (Å²) in [6, 6.07) is 8.38. The van der Waals surface area contributed by atoms with Crippen LogP contribution >= 0.6 is 0 Å². The fraction of sp³-hybridized carbons (Fsp3) is 0.526. The molecule has 26 heavy (non-hydrogen) atoms. The third-order valence-corrected chi connectivity index (χ3v) is 5.25. The van der Waals surface area contributed by atoms with Gasteiger partial charge >= 0.3 is 6.03 Å². The van der Waals surface area contributed by atoms with Crippen molar-refractivity contribution in [1.82, 2.24) is 25.0 Å². The van der Waals surface area contributed by atoms with Crippen LogP contribution in [0.4, 0.5) is 4.79 Å². The molecule has 7 nitrogen and oxygen atoms in total. The number of urea groups is 1. The maximum Gasteiger partial charge on any atom is 0.320 e. The van der Waals surface area contributed by atoms with Crippen molar-refractivity contribution in [3.8, 4) is 11.4 Å². The number of piperidine rings is 1. The minimum Gasteiger partial charge on any atom is -0.378 e. The summed E-state index contributed by atoms with van der Waals surface area (Å²) in [5, 5.41) is 7.48. The second-order valence-electron chi connectivity index (χ2n) is 7.05. The molecular formula is C19H25N5O2. The average molecular weight is 355 g/mol. The van der Waals surface area contributed by atoms with E-state index < -0.39 is 0 Å². The minimum absolute atomic E-state index is 0.143. The van der Waals surface area contributed by atoms with Gasteiger partial charge in [-0.2, -0.15) is 5.10 Å². The molecule has 2 aliphatic rings. The summed E-state index contributed by atoms with van der Waals surface area (Å²) in [6.07, 6.45) is 1.83. The lowest BCUT2D eigenvalue weighted by atomic mass is 9.96. The Bertz CT molecular complexity index is 744. The smallest absolute Gasteiger partial charge is 0.320 e. The lowest BCUT2D eigenvalue weighted by molar-refractivity contribution is 0.0411. The van der Waals surface area contributed by atoms with Gasteiger partial charge in [0, 0.05) is 37.7 Å². The molecule has 7 heteroatoms. The Morgan fingerprint density at radius 1 is 1.08 bits per heavy atom. The molecule has 0 spiro atoms. The molecule has 2 fully saturated rings. The quantitative estimate of drug-likeness (QED) is 0.898. The molecule has 0 saturated carbocycles. The van der Waals surface area contributed by atoms with Crippen LogP contribution in [0.5, 0.6) is 0 Å². The molecule has 0 radical (unpaired) electrons. The Morgan fingerprint density at radius 3 is 2.42 bits per heavy atom. The van der Waals surface area contributed by atoms with Gasteiger partial charge in [-0.05, 0) is 19.8 Å². The molecule has 2 amide bonds. The highest BCUT2D eigenvalue weighted by molar-refractivity contribution is 5.74. The number of nitrogens with one attached hydrogen (secondary N) is 1. The summed E-state index contributed by atoms with van der Waals surface area (Å²) >= 11 is 0. The van der Waals surface area contributed by atoms with Crippen molar-refractivity contribution in [2.45, 2.75) is 25.7 Å². The number of aryl methyl sites for hydroxylation is 1. The van der Waals surface area contributed by atoms with Gasteiger partial charge in [-0.3, -0.25) is 5.10 Å². The van der Waals surface area contributed by atoms with E-state index in [9.17, 15) is 4.79 Å². The Hall–Kier alpha value is -2.41. The maximum atomic E-state index is 12.6. The molecule has 3 heterocycles. The fourth-order valence-corrected chi connectivity index (χ4v) is 3.59. The van der Waals surface area contributed by atoms with Crippen LogP contribution in [-0.2, 0) is 4.74 Å². The second kappa shape index (κ2) is 7.45.